The van der Waals surface area contributed by atoms with Gasteiger partial charge in [0.1, 0.15) is 5.66 Å². The van der Waals surface area contributed by atoms with E-state index >= 15 is 0 Å². The first-order valence-electron chi connectivity index (χ1n) is 8.59. The van der Waals surface area contributed by atoms with Crippen molar-refractivity contribution in [3.63, 3.8) is 0 Å². The Kier molecular flexibility index (Phi) is 3.81. The maximum absolute atomic E-state index is 13.1. The third-order valence-corrected chi connectivity index (χ3v) is 4.93. The highest BCUT2D eigenvalue weighted by Gasteiger charge is 2.45. The molecular weight excluding hydrogens is 298 g/mol. The summed E-state index contributed by atoms with van der Waals surface area (Å²) in [6, 6.07) is 17.6. The fourth-order valence-electron chi connectivity index (χ4n) is 3.69. The summed E-state index contributed by atoms with van der Waals surface area (Å²) >= 11 is 0. The summed E-state index contributed by atoms with van der Waals surface area (Å²) in [5.74, 6) is -0.0153. The van der Waals surface area contributed by atoms with Crippen LogP contribution in [0.5, 0.6) is 0 Å². The zero-order chi connectivity index (χ0) is 16.4. The van der Waals surface area contributed by atoms with Crippen LogP contribution in [0.1, 0.15) is 48.0 Å². The minimum absolute atomic E-state index is 0.0153. The van der Waals surface area contributed by atoms with E-state index in [1.807, 2.05) is 54.6 Å². The molecule has 0 atom stereocenters. The number of rotatable bonds is 2. The zero-order valence-corrected chi connectivity index (χ0v) is 13.6. The maximum atomic E-state index is 13.1. The number of nitrogens with zero attached hydrogens (tertiary/aromatic N) is 2. The highest BCUT2D eigenvalue weighted by molar-refractivity contribution is 6.02. The van der Waals surface area contributed by atoms with Gasteiger partial charge in [-0.15, -0.1) is 0 Å². The number of anilines is 1. The fraction of sp³-hybridized carbons (Fsp3) is 0.300. The van der Waals surface area contributed by atoms with Crippen molar-refractivity contribution < 1.29 is 4.79 Å². The van der Waals surface area contributed by atoms with Crippen LogP contribution in [0.4, 0.5) is 5.69 Å². The number of benzene rings is 2. The number of hydrogen-bond donors (Lipinski definition) is 1. The first kappa shape index (κ1) is 14.9. The smallest absolute Gasteiger partial charge is 0.278 e. The van der Waals surface area contributed by atoms with E-state index in [1.165, 1.54) is 6.42 Å². The van der Waals surface area contributed by atoms with Crippen molar-refractivity contribution in [3.8, 4) is 0 Å². The van der Waals surface area contributed by atoms with Gasteiger partial charge in [-0.2, -0.15) is 5.10 Å². The van der Waals surface area contributed by atoms with Gasteiger partial charge in [-0.25, -0.2) is 5.01 Å². The highest BCUT2D eigenvalue weighted by Crippen LogP contribution is 2.40. The molecule has 0 saturated heterocycles. The normalized spacial score (nSPS) is 19.3. The minimum Gasteiger partial charge on any atom is -0.360 e. The van der Waals surface area contributed by atoms with E-state index in [-0.39, 0.29) is 5.91 Å². The van der Waals surface area contributed by atoms with Crippen molar-refractivity contribution in [3.05, 3.63) is 65.7 Å². The number of carbonyl (C=O) groups excluding carboxylic acids is 1. The summed E-state index contributed by atoms with van der Waals surface area (Å²) in [7, 11) is 0. The van der Waals surface area contributed by atoms with Crippen LogP contribution in [0, 0.1) is 0 Å². The van der Waals surface area contributed by atoms with Crippen molar-refractivity contribution in [1.29, 1.82) is 0 Å². The first-order chi connectivity index (χ1) is 11.8. The van der Waals surface area contributed by atoms with Gasteiger partial charge >= 0.3 is 0 Å². The molecule has 1 N–H and O–H groups in total. The molecule has 1 heterocycles. The summed E-state index contributed by atoms with van der Waals surface area (Å²) in [4.78, 5) is 13.1. The number of hydrogen-bond acceptors (Lipinski definition) is 3. The molecule has 0 bridgehead atoms. The Morgan fingerprint density at radius 3 is 2.46 bits per heavy atom. The SMILES string of the molecule is O=C1c2ccccc2NC2(CCCCC2)N1N=Cc1ccccc1. The lowest BCUT2D eigenvalue weighted by Crippen LogP contribution is -2.58. The molecule has 2 aromatic rings. The molecule has 2 aromatic carbocycles. The van der Waals surface area contributed by atoms with Crippen LogP contribution in [0.2, 0.25) is 0 Å². The molecule has 1 amide bonds. The molecule has 0 unspecified atom stereocenters. The number of amides is 1. The Morgan fingerprint density at radius 2 is 1.67 bits per heavy atom. The zero-order valence-electron chi connectivity index (χ0n) is 13.6. The molecule has 1 fully saturated rings. The Labute approximate surface area is 142 Å². The van der Waals surface area contributed by atoms with Gasteiger partial charge in [0.2, 0.25) is 0 Å². The summed E-state index contributed by atoms with van der Waals surface area (Å²) < 4.78 is 0. The lowest BCUT2D eigenvalue weighted by Gasteiger charge is -2.47. The van der Waals surface area contributed by atoms with Gasteiger partial charge in [-0.05, 0) is 43.4 Å². The monoisotopic (exact) mass is 319 g/mol. The van der Waals surface area contributed by atoms with Gasteiger partial charge in [0.25, 0.3) is 5.91 Å². The van der Waals surface area contributed by atoms with Crippen molar-refractivity contribution in [1.82, 2.24) is 5.01 Å². The number of para-hydroxylation sites is 1. The second-order valence-corrected chi connectivity index (χ2v) is 6.54. The number of nitrogens with one attached hydrogen (secondary N) is 1. The third-order valence-electron chi connectivity index (χ3n) is 4.93. The number of hydrazone groups is 1. The molecule has 0 radical (unpaired) electrons. The van der Waals surface area contributed by atoms with Crippen molar-refractivity contribution >= 4 is 17.8 Å². The average molecular weight is 319 g/mol. The van der Waals surface area contributed by atoms with Crippen LogP contribution in [0.3, 0.4) is 0 Å². The van der Waals surface area contributed by atoms with Crippen molar-refractivity contribution in [2.75, 3.05) is 5.32 Å². The van der Waals surface area contributed by atoms with Crippen LogP contribution >= 0.6 is 0 Å². The second-order valence-electron chi connectivity index (χ2n) is 6.54. The van der Waals surface area contributed by atoms with Gasteiger partial charge in [0.05, 0.1) is 11.8 Å². The summed E-state index contributed by atoms with van der Waals surface area (Å²) in [5.41, 5.74) is 2.22. The Bertz CT molecular complexity index is 763. The maximum Gasteiger partial charge on any atom is 0.278 e. The van der Waals surface area contributed by atoms with Gasteiger partial charge in [-0.1, -0.05) is 48.9 Å². The molecule has 4 nitrogen and oxygen atoms in total. The van der Waals surface area contributed by atoms with E-state index in [2.05, 4.69) is 10.4 Å². The van der Waals surface area contributed by atoms with Crippen LogP contribution in [-0.4, -0.2) is 22.8 Å². The van der Waals surface area contributed by atoms with Gasteiger partial charge < -0.3 is 5.32 Å². The van der Waals surface area contributed by atoms with E-state index in [0.717, 1.165) is 36.9 Å². The van der Waals surface area contributed by atoms with Gasteiger partial charge in [-0.3, -0.25) is 4.79 Å². The second kappa shape index (κ2) is 6.11. The lowest BCUT2D eigenvalue weighted by atomic mass is 9.86. The standard InChI is InChI=1S/C20H21N3O/c24-19-17-11-5-6-12-18(17)22-20(13-7-2-8-14-20)23(19)21-15-16-9-3-1-4-10-16/h1,3-6,9-12,15,22H,2,7-8,13-14H2. The molecule has 1 spiro atoms. The Balaban J connectivity index is 1.73. The molecule has 1 aliphatic heterocycles. The molecule has 122 valence electrons. The van der Waals surface area contributed by atoms with Crippen LogP contribution in [0.15, 0.2) is 59.7 Å². The van der Waals surface area contributed by atoms with E-state index in [1.54, 1.807) is 11.2 Å². The summed E-state index contributed by atoms with van der Waals surface area (Å²) in [5, 5.41) is 9.91. The molecule has 1 saturated carbocycles. The summed E-state index contributed by atoms with van der Waals surface area (Å²) in [6.07, 6.45) is 7.08. The number of fused-ring (bicyclic) bond motifs is 1. The van der Waals surface area contributed by atoms with E-state index in [9.17, 15) is 4.79 Å². The predicted molar refractivity (Wildman–Crippen MR) is 96.1 cm³/mol. The quantitative estimate of drug-likeness (QED) is 0.841. The molecule has 0 aromatic heterocycles. The molecule has 1 aliphatic carbocycles. The highest BCUT2D eigenvalue weighted by atomic mass is 16.2. The molecule has 24 heavy (non-hydrogen) atoms. The largest absolute Gasteiger partial charge is 0.360 e. The van der Waals surface area contributed by atoms with Gasteiger partial charge in [0, 0.05) is 5.69 Å². The molecule has 4 rings (SSSR count). The van der Waals surface area contributed by atoms with Crippen molar-refractivity contribution in [2.45, 2.75) is 37.8 Å². The molecule has 2 aliphatic rings. The predicted octanol–water partition coefficient (Wildman–Crippen LogP) is 4.25. The van der Waals surface area contributed by atoms with Gasteiger partial charge in [0.15, 0.2) is 0 Å². The first-order valence-corrected chi connectivity index (χ1v) is 8.59. The number of carbonyl (C=O) groups is 1. The van der Waals surface area contributed by atoms with E-state index in [0.29, 0.717) is 5.56 Å². The van der Waals surface area contributed by atoms with Crippen LogP contribution < -0.4 is 5.32 Å². The van der Waals surface area contributed by atoms with E-state index < -0.39 is 5.66 Å². The fourth-order valence-corrected chi connectivity index (χ4v) is 3.69. The Morgan fingerprint density at radius 1 is 0.958 bits per heavy atom. The molecule has 4 heteroatoms. The average Bonchev–Trinajstić information content (AvgIpc) is 2.63. The van der Waals surface area contributed by atoms with Crippen LogP contribution in [0.25, 0.3) is 0 Å². The minimum atomic E-state index is -0.394. The Hall–Kier alpha value is -2.62. The lowest BCUT2D eigenvalue weighted by molar-refractivity contribution is 0.0412. The third kappa shape index (κ3) is 2.58. The van der Waals surface area contributed by atoms with E-state index in [4.69, 9.17) is 0 Å². The van der Waals surface area contributed by atoms with Crippen LogP contribution in [-0.2, 0) is 0 Å². The molecular formula is C20H21N3O. The summed E-state index contributed by atoms with van der Waals surface area (Å²) in [6.45, 7) is 0. The van der Waals surface area contributed by atoms with Crippen molar-refractivity contribution in [2.24, 2.45) is 5.10 Å². The topological polar surface area (TPSA) is 44.7 Å².